The van der Waals surface area contributed by atoms with Gasteiger partial charge in [-0.25, -0.2) is 0 Å². The van der Waals surface area contributed by atoms with Crippen molar-refractivity contribution in [1.82, 2.24) is 5.32 Å². The van der Waals surface area contributed by atoms with Crippen LogP contribution in [0.4, 0.5) is 5.69 Å². The maximum atomic E-state index is 11.8. The third-order valence-electron chi connectivity index (χ3n) is 3.23. The number of amides is 1. The largest absolute Gasteiger partial charge is 0.495 e. The lowest BCUT2D eigenvalue weighted by Crippen LogP contribution is -2.31. The number of rotatable bonds is 7. The van der Waals surface area contributed by atoms with Gasteiger partial charge in [0.15, 0.2) is 0 Å². The molecule has 0 bridgehead atoms. The van der Waals surface area contributed by atoms with Crippen molar-refractivity contribution in [3.8, 4) is 5.75 Å². The lowest BCUT2D eigenvalue weighted by atomic mass is 10.1. The van der Waals surface area contributed by atoms with Gasteiger partial charge in [0, 0.05) is 17.3 Å². The zero-order valence-electron chi connectivity index (χ0n) is 12.7. The van der Waals surface area contributed by atoms with E-state index >= 15 is 0 Å². The van der Waals surface area contributed by atoms with Crippen LogP contribution in [0.5, 0.6) is 5.75 Å². The van der Waals surface area contributed by atoms with Crippen molar-refractivity contribution in [3.63, 3.8) is 0 Å². The Morgan fingerprint density at radius 3 is 2.70 bits per heavy atom. The molecule has 0 aromatic heterocycles. The summed E-state index contributed by atoms with van der Waals surface area (Å²) in [5.41, 5.74) is 1.86. The smallest absolute Gasteiger partial charge is 0.239 e. The van der Waals surface area contributed by atoms with E-state index in [1.165, 1.54) is 0 Å². The molecule has 0 fully saturated rings. The summed E-state index contributed by atoms with van der Waals surface area (Å²) in [7, 11) is 1.56. The first kappa shape index (κ1) is 17.4. The average molecular weight is 353 g/mol. The fourth-order valence-corrected chi connectivity index (χ4v) is 2.53. The van der Waals surface area contributed by atoms with Gasteiger partial charge < -0.3 is 15.4 Å². The van der Waals surface area contributed by atoms with E-state index in [0.717, 1.165) is 17.7 Å². The summed E-state index contributed by atoms with van der Waals surface area (Å²) in [6, 6.07) is 12.9. The summed E-state index contributed by atoms with van der Waals surface area (Å²) < 4.78 is 5.08. The molecule has 0 spiro atoms. The van der Waals surface area contributed by atoms with Gasteiger partial charge in [-0.05, 0) is 42.3 Å². The minimum absolute atomic E-state index is 0.0843. The van der Waals surface area contributed by atoms with Gasteiger partial charge in [0.05, 0.1) is 18.7 Å². The predicted molar refractivity (Wildman–Crippen MR) is 94.7 cm³/mol. The molecule has 0 saturated carbocycles. The number of carbonyl (C=O) groups is 1. The molecular formula is C17H18Cl2N2O2. The Morgan fingerprint density at radius 2 is 2.00 bits per heavy atom. The van der Waals surface area contributed by atoms with Crippen molar-refractivity contribution in [2.24, 2.45) is 0 Å². The van der Waals surface area contributed by atoms with Crippen LogP contribution in [0.2, 0.25) is 10.0 Å². The van der Waals surface area contributed by atoms with Crippen LogP contribution in [-0.4, -0.2) is 26.1 Å². The van der Waals surface area contributed by atoms with Crippen molar-refractivity contribution in [2.75, 3.05) is 25.5 Å². The van der Waals surface area contributed by atoms with Crippen molar-refractivity contribution in [3.05, 3.63) is 58.1 Å². The van der Waals surface area contributed by atoms with E-state index in [-0.39, 0.29) is 12.5 Å². The van der Waals surface area contributed by atoms with E-state index in [4.69, 9.17) is 27.9 Å². The van der Waals surface area contributed by atoms with Crippen LogP contribution in [0.15, 0.2) is 42.5 Å². The number of benzene rings is 2. The minimum Gasteiger partial charge on any atom is -0.495 e. The van der Waals surface area contributed by atoms with Gasteiger partial charge in [-0.2, -0.15) is 0 Å². The Kier molecular flexibility index (Phi) is 6.56. The molecule has 122 valence electrons. The molecule has 2 aromatic rings. The number of hydrogen-bond donors (Lipinski definition) is 2. The van der Waals surface area contributed by atoms with Gasteiger partial charge >= 0.3 is 0 Å². The van der Waals surface area contributed by atoms with E-state index in [1.807, 2.05) is 30.3 Å². The quantitative estimate of drug-likeness (QED) is 0.797. The van der Waals surface area contributed by atoms with Crippen LogP contribution >= 0.6 is 23.2 Å². The van der Waals surface area contributed by atoms with Gasteiger partial charge in [0.1, 0.15) is 5.75 Å². The molecule has 0 atom stereocenters. The molecule has 0 aliphatic carbocycles. The summed E-state index contributed by atoms with van der Waals surface area (Å²) in [6.07, 6.45) is 0.737. The highest BCUT2D eigenvalue weighted by Crippen LogP contribution is 2.26. The van der Waals surface area contributed by atoms with E-state index in [9.17, 15) is 4.79 Å². The van der Waals surface area contributed by atoms with Crippen LogP contribution in [0.1, 0.15) is 5.56 Å². The Labute approximate surface area is 145 Å². The Hall–Kier alpha value is -1.91. The van der Waals surface area contributed by atoms with Crippen LogP contribution in [-0.2, 0) is 11.2 Å². The summed E-state index contributed by atoms with van der Waals surface area (Å²) in [6.45, 7) is 0.739. The summed E-state index contributed by atoms with van der Waals surface area (Å²) >= 11 is 12.0. The topological polar surface area (TPSA) is 50.4 Å². The third-order valence-corrected chi connectivity index (χ3v) is 3.76. The molecule has 0 saturated heterocycles. The third kappa shape index (κ3) is 5.66. The molecule has 2 N–H and O–H groups in total. The lowest BCUT2D eigenvalue weighted by molar-refractivity contribution is -0.119. The summed E-state index contributed by atoms with van der Waals surface area (Å²) in [5, 5.41) is 7.08. The normalized spacial score (nSPS) is 10.2. The van der Waals surface area contributed by atoms with E-state index in [0.29, 0.717) is 22.3 Å². The fraction of sp³-hybridized carbons (Fsp3) is 0.235. The van der Waals surface area contributed by atoms with Crippen LogP contribution < -0.4 is 15.4 Å². The van der Waals surface area contributed by atoms with Gasteiger partial charge in [0.2, 0.25) is 5.91 Å². The first-order valence-corrected chi connectivity index (χ1v) is 7.92. The standard InChI is InChI=1S/C17H18Cl2N2O2/c1-23-16-6-5-14(10-15(16)19)21-11-17(22)20-8-7-12-3-2-4-13(18)9-12/h2-6,9-10,21H,7-8,11H2,1H3,(H,20,22). The maximum Gasteiger partial charge on any atom is 0.239 e. The molecule has 6 heteroatoms. The number of ether oxygens (including phenoxy) is 1. The Balaban J connectivity index is 1.74. The van der Waals surface area contributed by atoms with Crippen molar-refractivity contribution < 1.29 is 9.53 Å². The first-order chi connectivity index (χ1) is 11.1. The van der Waals surface area contributed by atoms with Crippen LogP contribution in [0.3, 0.4) is 0 Å². The van der Waals surface area contributed by atoms with E-state index in [2.05, 4.69) is 10.6 Å². The number of anilines is 1. The second-order valence-corrected chi connectivity index (χ2v) is 5.78. The number of methoxy groups -OCH3 is 1. The molecule has 23 heavy (non-hydrogen) atoms. The Bertz CT molecular complexity index is 677. The molecule has 2 aromatic carbocycles. The van der Waals surface area contributed by atoms with Crippen molar-refractivity contribution in [1.29, 1.82) is 0 Å². The average Bonchev–Trinajstić information content (AvgIpc) is 2.53. The predicted octanol–water partition coefficient (Wildman–Crippen LogP) is 3.77. The maximum absolute atomic E-state index is 11.8. The van der Waals surface area contributed by atoms with Crippen molar-refractivity contribution in [2.45, 2.75) is 6.42 Å². The molecule has 2 rings (SSSR count). The minimum atomic E-state index is -0.0843. The molecule has 1 amide bonds. The molecule has 0 aliphatic heterocycles. The molecule has 0 unspecified atom stereocenters. The molecule has 0 radical (unpaired) electrons. The van der Waals surface area contributed by atoms with Crippen molar-refractivity contribution >= 4 is 34.8 Å². The van der Waals surface area contributed by atoms with Gasteiger partial charge in [-0.1, -0.05) is 35.3 Å². The molecular weight excluding hydrogens is 335 g/mol. The Morgan fingerprint density at radius 1 is 1.17 bits per heavy atom. The van der Waals surface area contributed by atoms with Gasteiger partial charge in [0.25, 0.3) is 0 Å². The zero-order valence-corrected chi connectivity index (χ0v) is 14.2. The fourth-order valence-electron chi connectivity index (χ4n) is 2.06. The summed E-state index contributed by atoms with van der Waals surface area (Å²) in [4.78, 5) is 11.8. The first-order valence-electron chi connectivity index (χ1n) is 7.17. The zero-order chi connectivity index (χ0) is 16.7. The van der Waals surface area contributed by atoms with Crippen LogP contribution in [0.25, 0.3) is 0 Å². The van der Waals surface area contributed by atoms with Gasteiger partial charge in [-0.3, -0.25) is 4.79 Å². The number of nitrogens with one attached hydrogen (secondary N) is 2. The highest BCUT2D eigenvalue weighted by atomic mass is 35.5. The monoisotopic (exact) mass is 352 g/mol. The lowest BCUT2D eigenvalue weighted by Gasteiger charge is -2.09. The molecule has 0 aliphatic rings. The van der Waals surface area contributed by atoms with Gasteiger partial charge in [-0.15, -0.1) is 0 Å². The molecule has 0 heterocycles. The van der Waals surface area contributed by atoms with E-state index < -0.39 is 0 Å². The second-order valence-electron chi connectivity index (χ2n) is 4.93. The molecule has 4 nitrogen and oxygen atoms in total. The number of hydrogen-bond acceptors (Lipinski definition) is 3. The van der Waals surface area contributed by atoms with E-state index in [1.54, 1.807) is 19.2 Å². The number of halogens is 2. The summed E-state index contributed by atoms with van der Waals surface area (Å²) in [5.74, 6) is 0.516. The second kappa shape index (κ2) is 8.65. The highest BCUT2D eigenvalue weighted by Gasteiger charge is 2.04. The number of carbonyl (C=O) groups excluding carboxylic acids is 1. The van der Waals surface area contributed by atoms with Crippen LogP contribution in [0, 0.1) is 0 Å². The SMILES string of the molecule is COc1ccc(NCC(=O)NCCc2cccc(Cl)c2)cc1Cl. The highest BCUT2D eigenvalue weighted by molar-refractivity contribution is 6.32.